The summed E-state index contributed by atoms with van der Waals surface area (Å²) in [5, 5.41) is 2.98. The molecule has 2 rings (SSSR count). The maximum atomic E-state index is 12.0. The first-order valence-electron chi connectivity index (χ1n) is 8.99. The number of benzene rings is 1. The highest BCUT2D eigenvalue weighted by Crippen LogP contribution is 2.13. The summed E-state index contributed by atoms with van der Waals surface area (Å²) in [6.07, 6.45) is 3.04. The zero-order valence-corrected chi connectivity index (χ0v) is 17.4. The highest BCUT2D eigenvalue weighted by atomic mass is 35.5. The predicted molar refractivity (Wildman–Crippen MR) is 111 cm³/mol. The molecule has 1 aliphatic rings. The second-order valence-corrected chi connectivity index (χ2v) is 6.80. The Labute approximate surface area is 169 Å². The van der Waals surface area contributed by atoms with Crippen LogP contribution < -0.4 is 11.1 Å². The number of hydrogen-bond donors (Lipinski definition) is 2. The first kappa shape index (κ1) is 25.1. The Morgan fingerprint density at radius 1 is 1.19 bits per heavy atom. The van der Waals surface area contributed by atoms with Gasteiger partial charge in [-0.3, -0.25) is 9.69 Å². The largest absolute Gasteiger partial charge is 0.373 e. The van der Waals surface area contributed by atoms with E-state index < -0.39 is 0 Å². The van der Waals surface area contributed by atoms with Gasteiger partial charge < -0.3 is 15.8 Å². The summed E-state index contributed by atoms with van der Waals surface area (Å²) < 4.78 is 5.74. The van der Waals surface area contributed by atoms with Crippen LogP contribution in [0.15, 0.2) is 30.3 Å². The molecule has 5 nitrogen and oxygen atoms in total. The first-order valence-corrected chi connectivity index (χ1v) is 8.99. The number of amides is 1. The molecular formula is C19H33Cl2N3O2. The molecule has 3 N–H and O–H groups in total. The normalized spacial score (nSPS) is 21.2. The molecule has 1 heterocycles. The molecule has 1 saturated heterocycles. The number of hydrogen-bond acceptors (Lipinski definition) is 4. The molecular weight excluding hydrogens is 373 g/mol. The lowest BCUT2D eigenvalue weighted by Crippen LogP contribution is -2.45. The van der Waals surface area contributed by atoms with E-state index in [4.69, 9.17) is 10.5 Å². The number of morpholine rings is 1. The van der Waals surface area contributed by atoms with Crippen LogP contribution in [0, 0.1) is 0 Å². The van der Waals surface area contributed by atoms with Crippen molar-refractivity contribution < 1.29 is 9.53 Å². The smallest absolute Gasteiger partial charge is 0.221 e. The average Bonchev–Trinajstić information content (AvgIpc) is 2.54. The van der Waals surface area contributed by atoms with Gasteiger partial charge >= 0.3 is 0 Å². The van der Waals surface area contributed by atoms with Gasteiger partial charge in [0.15, 0.2) is 0 Å². The molecule has 0 spiro atoms. The first-order chi connectivity index (χ1) is 11.5. The maximum absolute atomic E-state index is 12.0. The second-order valence-electron chi connectivity index (χ2n) is 6.80. The SMILES string of the molecule is CC1CN(CCCCNC(=O)CC(N)c2ccccc2)CC(C)O1.Cl.Cl. The summed E-state index contributed by atoms with van der Waals surface area (Å²) in [6.45, 7) is 8.04. The summed E-state index contributed by atoms with van der Waals surface area (Å²) in [6, 6.07) is 9.53. The van der Waals surface area contributed by atoms with Crippen molar-refractivity contribution in [1.82, 2.24) is 10.2 Å². The fraction of sp³-hybridized carbons (Fsp3) is 0.632. The number of ether oxygens (including phenoxy) is 1. The fourth-order valence-electron chi connectivity index (χ4n) is 3.25. The molecule has 1 aromatic carbocycles. The highest BCUT2D eigenvalue weighted by molar-refractivity contribution is 5.85. The monoisotopic (exact) mass is 405 g/mol. The third-order valence-electron chi connectivity index (χ3n) is 4.35. The minimum atomic E-state index is -0.234. The van der Waals surface area contributed by atoms with Gasteiger partial charge in [0.25, 0.3) is 0 Å². The summed E-state index contributed by atoms with van der Waals surface area (Å²) in [5.74, 6) is 0.0278. The number of nitrogens with one attached hydrogen (secondary N) is 1. The fourth-order valence-corrected chi connectivity index (χ4v) is 3.25. The standard InChI is InChI=1S/C19H31N3O2.2ClH/c1-15-13-22(14-16(2)24-15)11-7-6-10-21-19(23)12-18(20)17-8-4-3-5-9-17;;/h3-5,8-9,15-16,18H,6-7,10-14,20H2,1-2H3,(H,21,23);2*1H. The van der Waals surface area contributed by atoms with Crippen molar-refractivity contribution in [3.05, 3.63) is 35.9 Å². The molecule has 150 valence electrons. The van der Waals surface area contributed by atoms with Gasteiger partial charge in [-0.1, -0.05) is 30.3 Å². The van der Waals surface area contributed by atoms with E-state index in [-0.39, 0.29) is 36.8 Å². The third kappa shape index (κ3) is 9.19. The molecule has 0 radical (unpaired) electrons. The Morgan fingerprint density at radius 2 is 1.81 bits per heavy atom. The van der Waals surface area contributed by atoms with Crippen LogP contribution in [0.25, 0.3) is 0 Å². The van der Waals surface area contributed by atoms with Gasteiger partial charge in [-0.05, 0) is 38.8 Å². The van der Waals surface area contributed by atoms with E-state index in [1.54, 1.807) is 0 Å². The summed E-state index contributed by atoms with van der Waals surface area (Å²) in [4.78, 5) is 14.4. The molecule has 7 heteroatoms. The number of carbonyl (C=O) groups is 1. The van der Waals surface area contributed by atoms with Gasteiger partial charge in [0.1, 0.15) is 0 Å². The Balaban J connectivity index is 0.00000312. The van der Waals surface area contributed by atoms with Crippen LogP contribution in [0.1, 0.15) is 44.7 Å². The molecule has 0 saturated carbocycles. The van der Waals surface area contributed by atoms with Crippen molar-refractivity contribution in [1.29, 1.82) is 0 Å². The Morgan fingerprint density at radius 3 is 2.42 bits per heavy atom. The summed E-state index contributed by atoms with van der Waals surface area (Å²) >= 11 is 0. The van der Waals surface area contributed by atoms with Crippen LogP contribution in [0.5, 0.6) is 0 Å². The van der Waals surface area contributed by atoms with Crippen molar-refractivity contribution in [2.24, 2.45) is 5.73 Å². The Bertz CT molecular complexity index is 495. The number of nitrogens with two attached hydrogens (primary N) is 1. The van der Waals surface area contributed by atoms with Gasteiger partial charge in [-0.25, -0.2) is 0 Å². The maximum Gasteiger partial charge on any atom is 0.221 e. The Kier molecular flexibility index (Phi) is 12.9. The van der Waals surface area contributed by atoms with E-state index in [0.29, 0.717) is 18.6 Å². The zero-order chi connectivity index (χ0) is 17.4. The minimum Gasteiger partial charge on any atom is -0.373 e. The van der Waals surface area contributed by atoms with Crippen molar-refractivity contribution in [3.8, 4) is 0 Å². The number of nitrogens with zero attached hydrogens (tertiary/aromatic N) is 1. The van der Waals surface area contributed by atoms with E-state index in [0.717, 1.165) is 44.6 Å². The average molecular weight is 406 g/mol. The molecule has 3 atom stereocenters. The molecule has 26 heavy (non-hydrogen) atoms. The van der Waals surface area contributed by atoms with Crippen LogP contribution in [-0.4, -0.2) is 49.2 Å². The lowest BCUT2D eigenvalue weighted by molar-refractivity contribution is -0.121. The van der Waals surface area contributed by atoms with Crippen molar-refractivity contribution in [2.75, 3.05) is 26.2 Å². The number of unbranched alkanes of at least 4 members (excludes halogenated alkanes) is 1. The van der Waals surface area contributed by atoms with Crippen LogP contribution in [0.4, 0.5) is 0 Å². The van der Waals surface area contributed by atoms with E-state index in [9.17, 15) is 4.79 Å². The van der Waals surface area contributed by atoms with Gasteiger partial charge in [0.2, 0.25) is 5.91 Å². The molecule has 1 fully saturated rings. The topological polar surface area (TPSA) is 67.6 Å². The molecule has 0 aromatic heterocycles. The number of rotatable bonds is 8. The van der Waals surface area contributed by atoms with Gasteiger partial charge in [0.05, 0.1) is 12.2 Å². The van der Waals surface area contributed by atoms with E-state index in [2.05, 4.69) is 24.1 Å². The molecule has 0 aliphatic carbocycles. The van der Waals surface area contributed by atoms with Crippen molar-refractivity contribution in [2.45, 2.75) is 51.4 Å². The molecule has 1 aromatic rings. The van der Waals surface area contributed by atoms with E-state index >= 15 is 0 Å². The van der Waals surface area contributed by atoms with Gasteiger partial charge in [-0.15, -0.1) is 24.8 Å². The second kappa shape index (κ2) is 13.3. The van der Waals surface area contributed by atoms with Crippen LogP contribution in [0.3, 0.4) is 0 Å². The number of carbonyl (C=O) groups excluding carboxylic acids is 1. The minimum absolute atomic E-state index is 0. The lowest BCUT2D eigenvalue weighted by Gasteiger charge is -2.35. The predicted octanol–water partition coefficient (Wildman–Crippen LogP) is 2.93. The summed E-state index contributed by atoms with van der Waals surface area (Å²) in [7, 11) is 0. The zero-order valence-electron chi connectivity index (χ0n) is 15.7. The molecule has 0 bridgehead atoms. The molecule has 1 amide bonds. The van der Waals surface area contributed by atoms with Gasteiger partial charge in [0, 0.05) is 32.1 Å². The molecule has 1 aliphatic heterocycles. The third-order valence-corrected chi connectivity index (χ3v) is 4.35. The molecule has 3 unspecified atom stereocenters. The summed E-state index contributed by atoms with van der Waals surface area (Å²) in [5.41, 5.74) is 7.07. The quantitative estimate of drug-likeness (QED) is 0.652. The van der Waals surface area contributed by atoms with Gasteiger partial charge in [-0.2, -0.15) is 0 Å². The van der Waals surface area contributed by atoms with E-state index in [1.807, 2.05) is 30.3 Å². The van der Waals surface area contributed by atoms with Crippen molar-refractivity contribution in [3.63, 3.8) is 0 Å². The number of halogens is 2. The van der Waals surface area contributed by atoms with Crippen LogP contribution in [0.2, 0.25) is 0 Å². The Hall–Kier alpha value is -0.850. The van der Waals surface area contributed by atoms with Crippen LogP contribution in [-0.2, 0) is 9.53 Å². The lowest BCUT2D eigenvalue weighted by atomic mass is 10.0. The van der Waals surface area contributed by atoms with Crippen LogP contribution >= 0.6 is 24.8 Å². The highest BCUT2D eigenvalue weighted by Gasteiger charge is 2.21. The van der Waals surface area contributed by atoms with E-state index in [1.165, 1.54) is 0 Å². The van der Waals surface area contributed by atoms with Crippen molar-refractivity contribution >= 4 is 30.7 Å².